The molecule has 0 aliphatic rings. The summed E-state index contributed by atoms with van der Waals surface area (Å²) < 4.78 is 15.0. The van der Waals surface area contributed by atoms with E-state index in [4.69, 9.17) is 0 Å². The molecule has 3 aromatic rings. The first-order valence-corrected chi connectivity index (χ1v) is 7.74. The molecular weight excluding hydrogens is 307 g/mol. The minimum absolute atomic E-state index is 0.235. The molecular formula is C17H21FN6. The molecule has 2 aromatic heterocycles. The van der Waals surface area contributed by atoms with Crippen molar-refractivity contribution < 1.29 is 4.39 Å². The van der Waals surface area contributed by atoms with Crippen LogP contribution in [0.25, 0.3) is 10.9 Å². The second-order valence-corrected chi connectivity index (χ2v) is 5.32. The topological polar surface area (TPSA) is 65.9 Å². The van der Waals surface area contributed by atoms with Crippen molar-refractivity contribution in [1.29, 1.82) is 0 Å². The van der Waals surface area contributed by atoms with E-state index in [0.717, 1.165) is 33.8 Å². The zero-order chi connectivity index (χ0) is 17.1. The maximum atomic E-state index is 13.0. The van der Waals surface area contributed by atoms with Crippen LogP contribution in [0.15, 0.2) is 36.5 Å². The van der Waals surface area contributed by atoms with Gasteiger partial charge in [-0.3, -0.25) is 0 Å². The first-order chi connectivity index (χ1) is 11.7. The zero-order valence-electron chi connectivity index (χ0n) is 13.9. The SMILES string of the molecule is CNc1c(NC)n(NC)c2ccnc(NCc3ccc(F)cc3)c12. The van der Waals surface area contributed by atoms with Crippen LogP contribution >= 0.6 is 0 Å². The van der Waals surface area contributed by atoms with Gasteiger partial charge in [0.2, 0.25) is 0 Å². The molecule has 0 aliphatic carbocycles. The monoisotopic (exact) mass is 328 g/mol. The third-order valence-electron chi connectivity index (χ3n) is 3.96. The highest BCUT2D eigenvalue weighted by molar-refractivity contribution is 6.06. The Balaban J connectivity index is 2.01. The zero-order valence-corrected chi connectivity index (χ0v) is 13.9. The van der Waals surface area contributed by atoms with Crippen molar-refractivity contribution in [2.45, 2.75) is 6.54 Å². The fourth-order valence-electron chi connectivity index (χ4n) is 2.87. The molecule has 4 N–H and O–H groups in total. The maximum Gasteiger partial charge on any atom is 0.149 e. The number of rotatable bonds is 6. The second-order valence-electron chi connectivity index (χ2n) is 5.32. The fourth-order valence-corrected chi connectivity index (χ4v) is 2.87. The minimum atomic E-state index is -0.235. The summed E-state index contributed by atoms with van der Waals surface area (Å²) in [5.41, 5.74) is 6.12. The van der Waals surface area contributed by atoms with E-state index in [2.05, 4.69) is 26.4 Å². The molecule has 24 heavy (non-hydrogen) atoms. The number of aromatic nitrogens is 2. The lowest BCUT2D eigenvalue weighted by Gasteiger charge is -2.09. The number of benzene rings is 1. The Labute approximate surface area is 140 Å². The molecule has 0 atom stereocenters. The first kappa shape index (κ1) is 15.9. The van der Waals surface area contributed by atoms with Crippen molar-refractivity contribution >= 4 is 28.2 Å². The van der Waals surface area contributed by atoms with Crippen LogP contribution in [0.1, 0.15) is 5.56 Å². The molecule has 6 nitrogen and oxygen atoms in total. The predicted octanol–water partition coefficient (Wildman–Crippen LogP) is 3.04. The fraction of sp³-hybridized carbons (Fsp3) is 0.235. The molecule has 0 fully saturated rings. The molecule has 0 bridgehead atoms. The number of nitrogens with one attached hydrogen (secondary N) is 4. The Morgan fingerprint density at radius 1 is 1.04 bits per heavy atom. The highest BCUT2D eigenvalue weighted by atomic mass is 19.1. The van der Waals surface area contributed by atoms with Gasteiger partial charge in [0.05, 0.1) is 16.6 Å². The van der Waals surface area contributed by atoms with E-state index in [-0.39, 0.29) is 5.82 Å². The minimum Gasteiger partial charge on any atom is -0.384 e. The summed E-state index contributed by atoms with van der Waals surface area (Å²) in [7, 11) is 5.63. The predicted molar refractivity (Wildman–Crippen MR) is 97.8 cm³/mol. The van der Waals surface area contributed by atoms with Gasteiger partial charge in [0.1, 0.15) is 17.5 Å². The molecule has 0 saturated heterocycles. The van der Waals surface area contributed by atoms with Crippen LogP contribution in [0.4, 0.5) is 21.7 Å². The van der Waals surface area contributed by atoms with Crippen molar-refractivity contribution in [3.63, 3.8) is 0 Å². The van der Waals surface area contributed by atoms with Crippen molar-refractivity contribution in [3.05, 3.63) is 47.9 Å². The van der Waals surface area contributed by atoms with Crippen molar-refractivity contribution in [3.8, 4) is 0 Å². The highest BCUT2D eigenvalue weighted by Gasteiger charge is 2.18. The molecule has 3 rings (SSSR count). The van der Waals surface area contributed by atoms with Crippen molar-refractivity contribution in [2.24, 2.45) is 0 Å². The highest BCUT2D eigenvalue weighted by Crippen LogP contribution is 2.37. The number of pyridine rings is 1. The number of hydrogen-bond donors (Lipinski definition) is 4. The van der Waals surface area contributed by atoms with Crippen LogP contribution in [-0.2, 0) is 6.54 Å². The lowest BCUT2D eigenvalue weighted by atomic mass is 10.2. The number of nitrogens with zero attached hydrogens (tertiary/aromatic N) is 2. The van der Waals surface area contributed by atoms with Crippen LogP contribution < -0.4 is 21.4 Å². The molecule has 0 unspecified atom stereocenters. The van der Waals surface area contributed by atoms with Gasteiger partial charge in [-0.15, -0.1) is 0 Å². The van der Waals surface area contributed by atoms with E-state index >= 15 is 0 Å². The lowest BCUT2D eigenvalue weighted by molar-refractivity contribution is 0.627. The van der Waals surface area contributed by atoms with Gasteiger partial charge in [-0.2, -0.15) is 0 Å². The van der Waals surface area contributed by atoms with Crippen LogP contribution in [0.5, 0.6) is 0 Å². The average Bonchev–Trinajstić information content (AvgIpc) is 2.94. The summed E-state index contributed by atoms with van der Waals surface area (Å²) in [6.45, 7) is 0.565. The summed E-state index contributed by atoms with van der Waals surface area (Å²) in [5.74, 6) is 1.46. The van der Waals surface area contributed by atoms with Gasteiger partial charge in [0.25, 0.3) is 0 Å². The van der Waals surface area contributed by atoms with Gasteiger partial charge >= 0.3 is 0 Å². The van der Waals surface area contributed by atoms with E-state index in [0.29, 0.717) is 6.54 Å². The Morgan fingerprint density at radius 2 is 1.79 bits per heavy atom. The summed E-state index contributed by atoms with van der Waals surface area (Å²) in [6.07, 6.45) is 1.77. The van der Waals surface area contributed by atoms with Gasteiger partial charge in [-0.05, 0) is 23.8 Å². The van der Waals surface area contributed by atoms with E-state index < -0.39 is 0 Å². The van der Waals surface area contributed by atoms with Crippen molar-refractivity contribution in [2.75, 3.05) is 42.5 Å². The number of halogens is 1. The lowest BCUT2D eigenvalue weighted by Crippen LogP contribution is -2.12. The quantitative estimate of drug-likeness (QED) is 0.560. The second kappa shape index (κ2) is 6.66. The molecule has 2 heterocycles. The average molecular weight is 328 g/mol. The molecule has 0 radical (unpaired) electrons. The van der Waals surface area contributed by atoms with Crippen LogP contribution in [-0.4, -0.2) is 30.8 Å². The largest absolute Gasteiger partial charge is 0.384 e. The van der Waals surface area contributed by atoms with Crippen molar-refractivity contribution in [1.82, 2.24) is 9.66 Å². The first-order valence-electron chi connectivity index (χ1n) is 7.74. The summed E-state index contributed by atoms with van der Waals surface area (Å²) >= 11 is 0. The van der Waals surface area contributed by atoms with E-state index in [1.54, 1.807) is 18.3 Å². The van der Waals surface area contributed by atoms with Gasteiger partial charge in [0, 0.05) is 33.9 Å². The Bertz CT molecular complexity index is 840. The van der Waals surface area contributed by atoms with Gasteiger partial charge < -0.3 is 21.4 Å². The standard InChI is InChI=1S/C17H21FN6/c1-19-15-14-13(24(21-3)17(15)20-2)8-9-22-16(14)23-10-11-4-6-12(18)7-5-11/h4-9,19-21H,10H2,1-3H3,(H,22,23). The maximum absolute atomic E-state index is 13.0. The third kappa shape index (κ3) is 2.68. The van der Waals surface area contributed by atoms with E-state index in [1.165, 1.54) is 12.1 Å². The summed E-state index contributed by atoms with van der Waals surface area (Å²) in [5, 5.41) is 10.8. The smallest absolute Gasteiger partial charge is 0.149 e. The summed E-state index contributed by atoms with van der Waals surface area (Å²) in [6, 6.07) is 8.40. The van der Waals surface area contributed by atoms with Gasteiger partial charge in [-0.1, -0.05) is 12.1 Å². The molecule has 0 amide bonds. The van der Waals surface area contributed by atoms with Crippen LogP contribution in [0.3, 0.4) is 0 Å². The summed E-state index contributed by atoms with van der Waals surface area (Å²) in [4.78, 5) is 4.48. The molecule has 0 spiro atoms. The number of hydrogen-bond acceptors (Lipinski definition) is 5. The Hall–Kier alpha value is -2.96. The van der Waals surface area contributed by atoms with Crippen LogP contribution in [0, 0.1) is 5.82 Å². The molecule has 7 heteroatoms. The van der Waals surface area contributed by atoms with Crippen LogP contribution in [0.2, 0.25) is 0 Å². The van der Waals surface area contributed by atoms with Gasteiger partial charge in [-0.25, -0.2) is 14.1 Å². The number of fused-ring (bicyclic) bond motifs is 1. The normalized spacial score (nSPS) is 10.7. The molecule has 1 aromatic carbocycles. The molecule has 126 valence electrons. The van der Waals surface area contributed by atoms with Gasteiger partial charge in [0.15, 0.2) is 0 Å². The molecule has 0 aliphatic heterocycles. The number of anilines is 3. The van der Waals surface area contributed by atoms with E-state index in [9.17, 15) is 4.39 Å². The Morgan fingerprint density at radius 3 is 2.42 bits per heavy atom. The Kier molecular flexibility index (Phi) is 4.41. The molecule has 0 saturated carbocycles. The third-order valence-corrected chi connectivity index (χ3v) is 3.96. The van der Waals surface area contributed by atoms with E-state index in [1.807, 2.05) is 31.9 Å².